The van der Waals surface area contributed by atoms with Crippen LogP contribution in [0.1, 0.15) is 0 Å². The molecule has 1 aliphatic heterocycles. The van der Waals surface area contributed by atoms with Gasteiger partial charge in [0, 0.05) is 25.8 Å². The summed E-state index contributed by atoms with van der Waals surface area (Å²) in [5.74, 6) is 5.61. The van der Waals surface area contributed by atoms with Gasteiger partial charge >= 0.3 is 0 Å². The molecule has 6 nitrogen and oxygen atoms in total. The number of nitrogens with zero attached hydrogens (tertiary/aromatic N) is 2. The monoisotopic (exact) mass is 187 g/mol. The Morgan fingerprint density at radius 3 is 2.31 bits per heavy atom. The van der Waals surface area contributed by atoms with E-state index in [1.165, 1.54) is 0 Å². The van der Waals surface area contributed by atoms with Crippen molar-refractivity contribution in [3.63, 3.8) is 0 Å². The minimum Gasteiger partial charge on any atom is -0.403 e. The molecule has 0 aliphatic carbocycles. The maximum absolute atomic E-state index is 8.58. The molecular formula is C7H17N5O. The molecule has 0 bridgehead atoms. The van der Waals surface area contributed by atoms with Gasteiger partial charge < -0.3 is 16.5 Å². The van der Waals surface area contributed by atoms with Crippen LogP contribution in [0, 0.1) is 0 Å². The van der Waals surface area contributed by atoms with Crippen molar-refractivity contribution in [2.24, 2.45) is 17.3 Å². The lowest BCUT2D eigenvalue weighted by Gasteiger charge is -2.32. The van der Waals surface area contributed by atoms with Crippen molar-refractivity contribution >= 4 is 6.41 Å². The smallest absolute Gasteiger partial charge is 0.204 e. The summed E-state index contributed by atoms with van der Waals surface area (Å²) in [5.41, 5.74) is 10.5. The summed E-state index contributed by atoms with van der Waals surface area (Å²) in [4.78, 5) is 10.8. The zero-order valence-electron chi connectivity index (χ0n) is 7.81. The van der Waals surface area contributed by atoms with E-state index < -0.39 is 0 Å². The Morgan fingerprint density at radius 2 is 1.92 bits per heavy atom. The van der Waals surface area contributed by atoms with E-state index in [1.807, 2.05) is 0 Å². The maximum atomic E-state index is 8.58. The predicted octanol–water partition coefficient (Wildman–Crippen LogP) is -1.99. The molecule has 1 aliphatic rings. The fourth-order valence-corrected chi connectivity index (χ4v) is 1.02. The standard InChI is InChI=1S/C6H14N4.CH3NO/c1-9-2-3-10(8)6(4-7)5-9;2-1-3/h4H,2-3,5,7-8H2,1H3;1H,(H2,2,3)/b6-4-;. The number of amides is 1. The second-order valence-electron chi connectivity index (χ2n) is 2.73. The predicted molar refractivity (Wildman–Crippen MR) is 50.9 cm³/mol. The van der Waals surface area contributed by atoms with Crippen molar-refractivity contribution in [1.29, 1.82) is 0 Å². The topological polar surface area (TPSA) is 102 Å². The van der Waals surface area contributed by atoms with Crippen LogP contribution in [0.15, 0.2) is 11.9 Å². The Kier molecular flexibility index (Phi) is 5.66. The third-order valence-electron chi connectivity index (χ3n) is 1.72. The first-order valence-electron chi connectivity index (χ1n) is 3.92. The number of nitrogens with two attached hydrogens (primary N) is 3. The van der Waals surface area contributed by atoms with Crippen molar-refractivity contribution in [3.8, 4) is 0 Å². The van der Waals surface area contributed by atoms with Gasteiger partial charge in [-0.2, -0.15) is 0 Å². The van der Waals surface area contributed by atoms with E-state index in [2.05, 4.69) is 17.7 Å². The normalized spacial score (nSPS) is 20.8. The number of primary amides is 1. The number of hydrogen-bond donors (Lipinski definition) is 3. The van der Waals surface area contributed by atoms with Gasteiger partial charge in [-0.15, -0.1) is 0 Å². The fraction of sp³-hybridized carbons (Fsp3) is 0.571. The first kappa shape index (κ1) is 11.7. The number of likely N-dealkylation sites (N-methyl/N-ethyl adjacent to an activating group) is 1. The lowest BCUT2D eigenvalue weighted by atomic mass is 10.3. The van der Waals surface area contributed by atoms with Gasteiger partial charge in [-0.3, -0.25) is 9.69 Å². The van der Waals surface area contributed by atoms with Gasteiger partial charge in [-0.05, 0) is 7.05 Å². The van der Waals surface area contributed by atoms with Crippen LogP contribution in [0.25, 0.3) is 0 Å². The van der Waals surface area contributed by atoms with Crippen LogP contribution >= 0.6 is 0 Å². The SMILES string of the molecule is CN1CCN(N)/C(=C\N)C1.NC=O. The lowest BCUT2D eigenvalue weighted by Crippen LogP contribution is -2.46. The molecule has 1 saturated heterocycles. The van der Waals surface area contributed by atoms with E-state index in [1.54, 1.807) is 11.2 Å². The quantitative estimate of drug-likeness (QED) is 0.301. The molecule has 1 amide bonds. The van der Waals surface area contributed by atoms with Gasteiger partial charge in [0.15, 0.2) is 0 Å². The summed E-state index contributed by atoms with van der Waals surface area (Å²) < 4.78 is 0. The van der Waals surface area contributed by atoms with Crippen molar-refractivity contribution in [2.45, 2.75) is 0 Å². The van der Waals surface area contributed by atoms with Crippen molar-refractivity contribution in [2.75, 3.05) is 26.7 Å². The van der Waals surface area contributed by atoms with E-state index >= 15 is 0 Å². The zero-order chi connectivity index (χ0) is 10.3. The van der Waals surface area contributed by atoms with Crippen molar-refractivity contribution in [1.82, 2.24) is 9.91 Å². The molecule has 13 heavy (non-hydrogen) atoms. The van der Waals surface area contributed by atoms with Crippen molar-refractivity contribution < 1.29 is 4.79 Å². The molecule has 1 heterocycles. The largest absolute Gasteiger partial charge is 0.403 e. The Morgan fingerprint density at radius 1 is 1.38 bits per heavy atom. The lowest BCUT2D eigenvalue weighted by molar-refractivity contribution is -0.106. The van der Waals surface area contributed by atoms with Crippen LogP contribution in [0.3, 0.4) is 0 Å². The van der Waals surface area contributed by atoms with Crippen molar-refractivity contribution in [3.05, 3.63) is 11.9 Å². The molecule has 6 N–H and O–H groups in total. The van der Waals surface area contributed by atoms with E-state index in [0.29, 0.717) is 0 Å². The van der Waals surface area contributed by atoms with E-state index in [0.717, 1.165) is 25.3 Å². The molecule has 76 valence electrons. The number of piperazine rings is 1. The van der Waals surface area contributed by atoms with Gasteiger partial charge in [-0.1, -0.05) is 0 Å². The van der Waals surface area contributed by atoms with Crippen LogP contribution in [0.4, 0.5) is 0 Å². The number of hydrogen-bond acceptors (Lipinski definition) is 5. The highest BCUT2D eigenvalue weighted by atomic mass is 16.1. The minimum absolute atomic E-state index is 0.250. The van der Waals surface area contributed by atoms with Gasteiger partial charge in [0.1, 0.15) is 0 Å². The summed E-state index contributed by atoms with van der Waals surface area (Å²) in [5, 5.41) is 1.69. The third-order valence-corrected chi connectivity index (χ3v) is 1.72. The molecule has 1 fully saturated rings. The first-order chi connectivity index (χ1) is 6.15. The Labute approximate surface area is 77.9 Å². The van der Waals surface area contributed by atoms with Gasteiger partial charge in [-0.25, -0.2) is 5.84 Å². The van der Waals surface area contributed by atoms with Crippen LogP contribution < -0.4 is 17.3 Å². The first-order valence-corrected chi connectivity index (χ1v) is 3.92. The summed E-state index contributed by atoms with van der Waals surface area (Å²) in [6.07, 6.45) is 1.82. The number of hydrazine groups is 1. The van der Waals surface area contributed by atoms with Crippen LogP contribution in [-0.4, -0.2) is 43.0 Å². The average Bonchev–Trinajstić information content (AvgIpc) is 2.10. The molecule has 0 aromatic rings. The number of rotatable bonds is 0. The number of carbonyl (C=O) groups is 1. The van der Waals surface area contributed by atoms with E-state index in [4.69, 9.17) is 16.4 Å². The maximum Gasteiger partial charge on any atom is 0.204 e. The highest BCUT2D eigenvalue weighted by Gasteiger charge is 2.14. The highest BCUT2D eigenvalue weighted by Crippen LogP contribution is 2.04. The summed E-state index contributed by atoms with van der Waals surface area (Å²) in [6.45, 7) is 2.72. The van der Waals surface area contributed by atoms with Gasteiger partial charge in [0.05, 0.1) is 5.70 Å². The molecule has 0 saturated carbocycles. The molecule has 0 aromatic carbocycles. The van der Waals surface area contributed by atoms with E-state index in [-0.39, 0.29) is 6.41 Å². The Balaban J connectivity index is 0.000000424. The molecule has 1 rings (SSSR count). The summed E-state index contributed by atoms with van der Waals surface area (Å²) in [6, 6.07) is 0. The molecule has 6 heteroatoms. The van der Waals surface area contributed by atoms with Gasteiger partial charge in [0.2, 0.25) is 6.41 Å². The average molecular weight is 187 g/mol. The molecule has 0 spiro atoms. The van der Waals surface area contributed by atoms with E-state index in [9.17, 15) is 0 Å². The summed E-state index contributed by atoms with van der Waals surface area (Å²) in [7, 11) is 2.05. The zero-order valence-corrected chi connectivity index (χ0v) is 7.81. The highest BCUT2D eigenvalue weighted by molar-refractivity contribution is 5.42. The molecule has 0 atom stereocenters. The second-order valence-corrected chi connectivity index (χ2v) is 2.73. The second kappa shape index (κ2) is 6.27. The Hall–Kier alpha value is -1.27. The molecule has 0 unspecified atom stereocenters. The molecule has 0 aromatic heterocycles. The van der Waals surface area contributed by atoms with Crippen LogP contribution in [0.5, 0.6) is 0 Å². The third kappa shape index (κ3) is 4.34. The van der Waals surface area contributed by atoms with Crippen LogP contribution in [-0.2, 0) is 4.79 Å². The summed E-state index contributed by atoms with van der Waals surface area (Å²) >= 11 is 0. The molecular weight excluding hydrogens is 170 g/mol. The van der Waals surface area contributed by atoms with Crippen LogP contribution in [0.2, 0.25) is 0 Å². The Bertz CT molecular complexity index is 182. The van der Waals surface area contributed by atoms with Gasteiger partial charge in [0.25, 0.3) is 0 Å². The molecule has 0 radical (unpaired) electrons. The minimum atomic E-state index is 0.250. The fourth-order valence-electron chi connectivity index (χ4n) is 1.02. The number of carbonyl (C=O) groups excluding carboxylic acids is 1.